The third kappa shape index (κ3) is 4.18. The van der Waals surface area contributed by atoms with Crippen molar-refractivity contribution in [3.63, 3.8) is 0 Å². The minimum absolute atomic E-state index is 0.0386. The number of hydrogen-bond acceptors (Lipinski definition) is 3. The Morgan fingerprint density at radius 1 is 1.41 bits per heavy atom. The summed E-state index contributed by atoms with van der Waals surface area (Å²) in [4.78, 5) is 25.8. The van der Waals surface area contributed by atoms with Crippen molar-refractivity contribution < 1.29 is 14.0 Å². The molecule has 1 aromatic rings. The Labute approximate surface area is 133 Å². The van der Waals surface area contributed by atoms with E-state index in [-0.39, 0.29) is 16.8 Å². The first-order chi connectivity index (χ1) is 10.5. The van der Waals surface area contributed by atoms with E-state index < -0.39 is 17.6 Å². The number of carbonyl (C=O) groups is 2. The predicted molar refractivity (Wildman–Crippen MR) is 83.3 cm³/mol. The number of likely N-dealkylation sites (N-methyl/N-ethyl adjacent to an activating group) is 1. The van der Waals surface area contributed by atoms with E-state index in [9.17, 15) is 14.0 Å². The molecule has 120 valence electrons. The van der Waals surface area contributed by atoms with Crippen molar-refractivity contribution in [2.75, 3.05) is 25.0 Å². The van der Waals surface area contributed by atoms with Gasteiger partial charge in [0.25, 0.3) is 0 Å². The van der Waals surface area contributed by atoms with Gasteiger partial charge in [-0.3, -0.25) is 14.5 Å². The van der Waals surface area contributed by atoms with Crippen LogP contribution in [0.25, 0.3) is 0 Å². The largest absolute Gasteiger partial charge is 0.346 e. The van der Waals surface area contributed by atoms with Crippen LogP contribution in [0.3, 0.4) is 0 Å². The van der Waals surface area contributed by atoms with Crippen LogP contribution in [0.15, 0.2) is 18.2 Å². The Hall–Kier alpha value is -1.66. The summed E-state index contributed by atoms with van der Waals surface area (Å²) in [5, 5.41) is 4.93. The van der Waals surface area contributed by atoms with Crippen molar-refractivity contribution in [3.05, 3.63) is 29.0 Å². The summed E-state index contributed by atoms with van der Waals surface area (Å²) in [6, 6.07) is 4.10. The molecule has 0 bridgehead atoms. The summed E-state index contributed by atoms with van der Waals surface area (Å²) in [5.41, 5.74) is 0.193. The third-order valence-electron chi connectivity index (χ3n) is 3.79. The second-order valence-electron chi connectivity index (χ2n) is 5.22. The third-order valence-corrected chi connectivity index (χ3v) is 4.09. The zero-order valence-corrected chi connectivity index (χ0v) is 13.1. The lowest BCUT2D eigenvalue weighted by molar-refractivity contribution is -0.136. The van der Waals surface area contributed by atoms with Crippen LogP contribution in [-0.4, -0.2) is 42.4 Å². The number of rotatable bonds is 4. The van der Waals surface area contributed by atoms with Crippen LogP contribution in [0.2, 0.25) is 5.02 Å². The Morgan fingerprint density at radius 3 is 2.86 bits per heavy atom. The van der Waals surface area contributed by atoms with Crippen LogP contribution in [-0.2, 0) is 9.59 Å². The molecule has 0 unspecified atom stereocenters. The Kier molecular flexibility index (Phi) is 5.74. The number of nitrogens with one attached hydrogen (secondary N) is 2. The highest BCUT2D eigenvalue weighted by molar-refractivity contribution is 6.39. The van der Waals surface area contributed by atoms with E-state index in [1.807, 2.05) is 0 Å². The van der Waals surface area contributed by atoms with Gasteiger partial charge in [0, 0.05) is 18.3 Å². The predicted octanol–water partition coefficient (Wildman–Crippen LogP) is 2.02. The highest BCUT2D eigenvalue weighted by Crippen LogP contribution is 2.18. The van der Waals surface area contributed by atoms with E-state index in [2.05, 4.69) is 22.5 Å². The number of anilines is 1. The average molecular weight is 328 g/mol. The highest BCUT2D eigenvalue weighted by Gasteiger charge is 2.24. The molecule has 1 atom stereocenters. The van der Waals surface area contributed by atoms with Gasteiger partial charge in [-0.2, -0.15) is 0 Å². The molecule has 1 fully saturated rings. The summed E-state index contributed by atoms with van der Waals surface area (Å²) < 4.78 is 13.3. The SMILES string of the molecule is CCN1CCC[C@H]1CNC(=O)C(=O)Nc1ccc(Cl)c(F)c1. The van der Waals surface area contributed by atoms with Gasteiger partial charge in [0.15, 0.2) is 0 Å². The topological polar surface area (TPSA) is 61.4 Å². The van der Waals surface area contributed by atoms with E-state index in [0.29, 0.717) is 6.54 Å². The van der Waals surface area contributed by atoms with Crippen LogP contribution in [0.4, 0.5) is 10.1 Å². The molecule has 0 saturated carbocycles. The lowest BCUT2D eigenvalue weighted by Crippen LogP contribution is -2.43. The number of halogens is 2. The Morgan fingerprint density at radius 2 is 2.18 bits per heavy atom. The molecule has 0 radical (unpaired) electrons. The van der Waals surface area contributed by atoms with E-state index in [0.717, 1.165) is 32.0 Å². The van der Waals surface area contributed by atoms with Gasteiger partial charge in [-0.25, -0.2) is 4.39 Å². The van der Waals surface area contributed by atoms with Gasteiger partial charge in [0.2, 0.25) is 0 Å². The fourth-order valence-corrected chi connectivity index (χ4v) is 2.71. The molecular weight excluding hydrogens is 309 g/mol. The number of amides is 2. The van der Waals surface area contributed by atoms with Crippen molar-refractivity contribution >= 4 is 29.1 Å². The first-order valence-electron chi connectivity index (χ1n) is 7.29. The fourth-order valence-electron chi connectivity index (χ4n) is 2.60. The minimum Gasteiger partial charge on any atom is -0.346 e. The molecule has 1 aliphatic heterocycles. The molecule has 1 aromatic carbocycles. The van der Waals surface area contributed by atoms with Crippen LogP contribution in [0, 0.1) is 5.82 Å². The number of likely N-dealkylation sites (tertiary alicyclic amines) is 1. The van der Waals surface area contributed by atoms with Crippen LogP contribution < -0.4 is 10.6 Å². The van der Waals surface area contributed by atoms with Gasteiger partial charge in [0.1, 0.15) is 5.82 Å². The summed E-state index contributed by atoms with van der Waals surface area (Å²) in [7, 11) is 0. The van der Waals surface area contributed by atoms with Crippen molar-refractivity contribution in [3.8, 4) is 0 Å². The molecule has 1 heterocycles. The average Bonchev–Trinajstić information content (AvgIpc) is 2.96. The van der Waals surface area contributed by atoms with Gasteiger partial charge in [-0.15, -0.1) is 0 Å². The molecule has 2 rings (SSSR count). The molecule has 2 N–H and O–H groups in total. The Balaban J connectivity index is 1.84. The monoisotopic (exact) mass is 327 g/mol. The molecular formula is C15H19ClFN3O2. The standard InChI is InChI=1S/C15H19ClFN3O2/c1-2-20-7-3-4-11(20)9-18-14(21)15(22)19-10-5-6-12(16)13(17)8-10/h5-6,8,11H,2-4,7,9H2,1H3,(H,18,21)(H,19,22)/t11-/m0/s1. The summed E-state index contributed by atoms with van der Waals surface area (Å²) in [6.45, 7) is 4.46. The molecule has 0 aromatic heterocycles. The zero-order valence-electron chi connectivity index (χ0n) is 12.4. The van der Waals surface area contributed by atoms with Crippen LogP contribution >= 0.6 is 11.6 Å². The van der Waals surface area contributed by atoms with Gasteiger partial charge in [0.05, 0.1) is 5.02 Å². The van der Waals surface area contributed by atoms with Crippen LogP contribution in [0.1, 0.15) is 19.8 Å². The fraction of sp³-hybridized carbons (Fsp3) is 0.467. The number of benzene rings is 1. The maximum atomic E-state index is 13.3. The lowest BCUT2D eigenvalue weighted by atomic mass is 10.2. The number of carbonyl (C=O) groups excluding carboxylic acids is 2. The van der Waals surface area contributed by atoms with Gasteiger partial charge < -0.3 is 10.6 Å². The maximum Gasteiger partial charge on any atom is 0.313 e. The lowest BCUT2D eigenvalue weighted by Gasteiger charge is -2.22. The van der Waals surface area contributed by atoms with Gasteiger partial charge in [-0.1, -0.05) is 18.5 Å². The second kappa shape index (κ2) is 7.56. The van der Waals surface area contributed by atoms with E-state index in [1.54, 1.807) is 0 Å². The molecule has 1 saturated heterocycles. The normalized spacial score (nSPS) is 18.2. The van der Waals surface area contributed by atoms with Crippen molar-refractivity contribution in [1.29, 1.82) is 0 Å². The van der Waals surface area contributed by atoms with E-state index >= 15 is 0 Å². The second-order valence-corrected chi connectivity index (χ2v) is 5.62. The Bertz CT molecular complexity index is 568. The molecule has 0 spiro atoms. The molecule has 5 nitrogen and oxygen atoms in total. The minimum atomic E-state index is -0.817. The van der Waals surface area contributed by atoms with Gasteiger partial charge >= 0.3 is 11.8 Å². The van der Waals surface area contributed by atoms with E-state index in [1.165, 1.54) is 12.1 Å². The smallest absolute Gasteiger partial charge is 0.313 e. The van der Waals surface area contributed by atoms with E-state index in [4.69, 9.17) is 11.6 Å². The molecule has 1 aliphatic rings. The number of hydrogen-bond donors (Lipinski definition) is 2. The summed E-state index contributed by atoms with van der Waals surface area (Å²) in [6.07, 6.45) is 2.11. The van der Waals surface area contributed by atoms with Gasteiger partial charge in [-0.05, 0) is 44.1 Å². The molecule has 2 amide bonds. The molecule has 7 heteroatoms. The first kappa shape index (κ1) is 16.7. The first-order valence-corrected chi connectivity index (χ1v) is 7.67. The maximum absolute atomic E-state index is 13.3. The van der Waals surface area contributed by atoms with Crippen molar-refractivity contribution in [2.24, 2.45) is 0 Å². The summed E-state index contributed by atoms with van der Waals surface area (Å²) in [5.74, 6) is -2.19. The van der Waals surface area contributed by atoms with Crippen molar-refractivity contribution in [1.82, 2.24) is 10.2 Å². The number of nitrogens with zero attached hydrogens (tertiary/aromatic N) is 1. The van der Waals surface area contributed by atoms with Crippen molar-refractivity contribution in [2.45, 2.75) is 25.8 Å². The quantitative estimate of drug-likeness (QED) is 0.832. The van der Waals surface area contributed by atoms with Crippen LogP contribution in [0.5, 0.6) is 0 Å². The molecule has 22 heavy (non-hydrogen) atoms. The zero-order chi connectivity index (χ0) is 16.1. The summed E-state index contributed by atoms with van der Waals surface area (Å²) >= 11 is 5.56. The highest BCUT2D eigenvalue weighted by atomic mass is 35.5. The molecule has 0 aliphatic carbocycles.